The van der Waals surface area contributed by atoms with Crippen LogP contribution < -0.4 is 10.4 Å². The van der Waals surface area contributed by atoms with E-state index in [1.807, 2.05) is 30.3 Å². The zero-order valence-electron chi connectivity index (χ0n) is 22.4. The van der Waals surface area contributed by atoms with Crippen molar-refractivity contribution in [2.24, 2.45) is 0 Å². The Labute approximate surface area is 222 Å². The van der Waals surface area contributed by atoms with Gasteiger partial charge in [0.05, 0.1) is 17.7 Å². The van der Waals surface area contributed by atoms with E-state index < -0.39 is 8.32 Å². The van der Waals surface area contributed by atoms with Crippen LogP contribution in [-0.2, 0) is 9.16 Å². The molecule has 5 heteroatoms. The van der Waals surface area contributed by atoms with Crippen molar-refractivity contribution in [1.82, 2.24) is 4.90 Å². The van der Waals surface area contributed by atoms with E-state index in [4.69, 9.17) is 9.16 Å². The van der Waals surface area contributed by atoms with Crippen LogP contribution in [0.5, 0.6) is 0 Å². The average molecular weight is 514 g/mol. The van der Waals surface area contributed by atoms with Crippen LogP contribution in [0, 0.1) is 0 Å². The Balaban J connectivity index is 1.37. The Kier molecular flexibility index (Phi) is 7.39. The summed E-state index contributed by atoms with van der Waals surface area (Å²) in [6, 6.07) is 31.4. The number of carbonyl (C=O) groups is 1. The van der Waals surface area contributed by atoms with Crippen LogP contribution in [0.25, 0.3) is 0 Å². The van der Waals surface area contributed by atoms with Crippen molar-refractivity contribution < 1.29 is 14.0 Å². The normalized spacial score (nSPS) is 22.1. The van der Waals surface area contributed by atoms with Crippen LogP contribution in [0.4, 0.5) is 0 Å². The van der Waals surface area contributed by atoms with Gasteiger partial charge in [0.15, 0.2) is 0 Å². The molecule has 2 atom stereocenters. The van der Waals surface area contributed by atoms with Crippen molar-refractivity contribution in [2.45, 2.75) is 63.1 Å². The number of hydrogen-bond acceptors (Lipinski definition) is 4. The summed E-state index contributed by atoms with van der Waals surface area (Å²) < 4.78 is 13.2. The number of hydrogen-bond donors (Lipinski definition) is 0. The molecule has 0 bridgehead atoms. The molecule has 0 amide bonds. The SMILES string of the molecule is CC(C)(C)[Si](OC[C@@H]1CC[C@]2(COC(=O)c3ccccc3)CCCN12)(c1ccccc1)c1ccccc1. The first-order chi connectivity index (χ1) is 17.9. The fraction of sp³-hybridized carbons (Fsp3) is 0.406. The highest BCUT2D eigenvalue weighted by Crippen LogP contribution is 2.44. The third-order valence-corrected chi connectivity index (χ3v) is 13.4. The van der Waals surface area contributed by atoms with Gasteiger partial charge in [-0.05, 0) is 59.8 Å². The topological polar surface area (TPSA) is 38.8 Å². The highest BCUT2D eigenvalue weighted by molar-refractivity contribution is 6.99. The molecule has 0 saturated carbocycles. The second-order valence-electron chi connectivity index (χ2n) is 11.6. The zero-order chi connectivity index (χ0) is 25.9. The molecule has 2 heterocycles. The molecule has 2 saturated heterocycles. The first-order valence-electron chi connectivity index (χ1n) is 13.6. The number of esters is 1. The van der Waals surface area contributed by atoms with Crippen molar-refractivity contribution in [3.63, 3.8) is 0 Å². The Morgan fingerprint density at radius 1 is 0.892 bits per heavy atom. The first kappa shape index (κ1) is 25.9. The van der Waals surface area contributed by atoms with Crippen LogP contribution in [0.2, 0.25) is 5.04 Å². The first-order valence-corrected chi connectivity index (χ1v) is 15.5. The lowest BCUT2D eigenvalue weighted by Crippen LogP contribution is -2.67. The van der Waals surface area contributed by atoms with E-state index in [1.165, 1.54) is 10.4 Å². The molecule has 2 aliphatic heterocycles. The molecule has 3 aromatic carbocycles. The number of rotatable bonds is 8. The van der Waals surface area contributed by atoms with E-state index in [1.54, 1.807) is 0 Å². The summed E-state index contributed by atoms with van der Waals surface area (Å²) in [6.07, 6.45) is 4.33. The van der Waals surface area contributed by atoms with Gasteiger partial charge in [-0.1, -0.05) is 99.6 Å². The number of nitrogens with zero attached hydrogens (tertiary/aromatic N) is 1. The molecule has 4 nitrogen and oxygen atoms in total. The second kappa shape index (κ2) is 10.6. The quantitative estimate of drug-likeness (QED) is 0.298. The molecule has 3 aromatic rings. The fourth-order valence-corrected chi connectivity index (χ4v) is 11.2. The zero-order valence-corrected chi connectivity index (χ0v) is 23.4. The van der Waals surface area contributed by atoms with Gasteiger partial charge in [0, 0.05) is 6.04 Å². The van der Waals surface area contributed by atoms with Gasteiger partial charge in [-0.2, -0.15) is 0 Å². The van der Waals surface area contributed by atoms with Crippen LogP contribution >= 0.6 is 0 Å². The van der Waals surface area contributed by atoms with E-state index in [0.29, 0.717) is 24.8 Å². The van der Waals surface area contributed by atoms with Crippen molar-refractivity contribution in [2.75, 3.05) is 19.8 Å². The predicted octanol–water partition coefficient (Wildman–Crippen LogP) is 5.42. The Morgan fingerprint density at radius 3 is 2.03 bits per heavy atom. The summed E-state index contributed by atoms with van der Waals surface area (Å²) in [4.78, 5) is 15.3. The van der Waals surface area contributed by atoms with Gasteiger partial charge in [0.2, 0.25) is 0 Å². The Hall–Kier alpha value is -2.73. The van der Waals surface area contributed by atoms with Gasteiger partial charge in [0.25, 0.3) is 8.32 Å². The van der Waals surface area contributed by atoms with Crippen molar-refractivity contribution >= 4 is 24.7 Å². The maximum atomic E-state index is 12.7. The lowest BCUT2D eigenvalue weighted by atomic mass is 9.95. The third kappa shape index (κ3) is 4.92. The molecule has 0 radical (unpaired) electrons. The minimum atomic E-state index is -2.58. The largest absolute Gasteiger partial charge is 0.460 e. The summed E-state index contributed by atoms with van der Waals surface area (Å²) in [5, 5.41) is 2.59. The summed E-state index contributed by atoms with van der Waals surface area (Å²) in [7, 11) is -2.58. The standard InChI is InChI=1S/C32H39NO3Si/c1-31(2,3)37(28-16-9-5-10-17-28,29-18-11-6-12-19-29)36-24-27-20-22-32(21-13-23-33(27)32)25-35-30(34)26-14-7-4-8-15-26/h4-12,14-19,27H,13,20-25H2,1-3H3/t27-,32-/m0/s1. The van der Waals surface area contributed by atoms with E-state index in [2.05, 4.69) is 86.3 Å². The van der Waals surface area contributed by atoms with Gasteiger partial charge in [0.1, 0.15) is 6.61 Å². The Morgan fingerprint density at radius 2 is 1.46 bits per heavy atom. The molecule has 194 valence electrons. The fourth-order valence-electron chi connectivity index (χ4n) is 6.63. The molecule has 2 aliphatic rings. The van der Waals surface area contributed by atoms with Crippen molar-refractivity contribution in [3.8, 4) is 0 Å². The highest BCUT2D eigenvalue weighted by atomic mass is 28.4. The Bertz CT molecular complexity index is 1140. The number of fused-ring (bicyclic) bond motifs is 1. The molecular formula is C32H39NO3Si. The third-order valence-electron chi connectivity index (χ3n) is 8.42. The smallest absolute Gasteiger partial charge is 0.338 e. The lowest BCUT2D eigenvalue weighted by molar-refractivity contribution is 0.0160. The van der Waals surface area contributed by atoms with Gasteiger partial charge in [-0.25, -0.2) is 4.79 Å². The predicted molar refractivity (Wildman–Crippen MR) is 152 cm³/mol. The minimum Gasteiger partial charge on any atom is -0.460 e. The molecule has 2 fully saturated rings. The number of carbonyl (C=O) groups excluding carboxylic acids is 1. The summed E-state index contributed by atoms with van der Waals surface area (Å²) >= 11 is 0. The number of benzene rings is 3. The monoisotopic (exact) mass is 513 g/mol. The molecule has 0 aromatic heterocycles. The van der Waals surface area contributed by atoms with Crippen LogP contribution in [-0.4, -0.2) is 50.5 Å². The summed E-state index contributed by atoms with van der Waals surface area (Å²) in [5.74, 6) is -0.228. The van der Waals surface area contributed by atoms with Gasteiger partial charge in [-0.3, -0.25) is 4.90 Å². The van der Waals surface area contributed by atoms with E-state index >= 15 is 0 Å². The van der Waals surface area contributed by atoms with Gasteiger partial charge >= 0.3 is 5.97 Å². The lowest BCUT2D eigenvalue weighted by Gasteiger charge is -2.44. The van der Waals surface area contributed by atoms with Crippen molar-refractivity contribution in [1.29, 1.82) is 0 Å². The average Bonchev–Trinajstić information content (AvgIpc) is 3.48. The molecule has 0 unspecified atom stereocenters. The molecule has 5 rings (SSSR count). The maximum Gasteiger partial charge on any atom is 0.338 e. The maximum absolute atomic E-state index is 12.7. The van der Waals surface area contributed by atoms with E-state index in [-0.39, 0.29) is 16.5 Å². The van der Waals surface area contributed by atoms with Gasteiger partial charge in [-0.15, -0.1) is 0 Å². The molecular weight excluding hydrogens is 474 g/mol. The van der Waals surface area contributed by atoms with Crippen molar-refractivity contribution in [3.05, 3.63) is 96.6 Å². The number of ether oxygens (including phenoxy) is 1. The van der Waals surface area contributed by atoms with Gasteiger partial charge < -0.3 is 9.16 Å². The molecule has 37 heavy (non-hydrogen) atoms. The van der Waals surface area contributed by atoms with E-state index in [9.17, 15) is 4.79 Å². The minimum absolute atomic E-state index is 0.0401. The summed E-state index contributed by atoms with van der Waals surface area (Å²) in [6.45, 7) is 9.18. The van der Waals surface area contributed by atoms with E-state index in [0.717, 1.165) is 32.2 Å². The van der Waals surface area contributed by atoms with Crippen LogP contribution in [0.1, 0.15) is 56.8 Å². The molecule has 0 N–H and O–H groups in total. The molecule has 0 aliphatic carbocycles. The molecule has 0 spiro atoms. The van der Waals surface area contributed by atoms with Crippen LogP contribution in [0.15, 0.2) is 91.0 Å². The summed E-state index contributed by atoms with van der Waals surface area (Å²) in [5.41, 5.74) is 0.553. The van der Waals surface area contributed by atoms with Crippen LogP contribution in [0.3, 0.4) is 0 Å². The highest BCUT2D eigenvalue weighted by Gasteiger charge is 2.53. The second-order valence-corrected chi connectivity index (χ2v) is 15.9.